The van der Waals surface area contributed by atoms with Crippen LogP contribution in [0.15, 0.2) is 33.5 Å². The SMILES string of the molecule is O=c1cc2c(nn1Cc1ccc(Br)cc1Cl)CCNC2. The first kappa shape index (κ1) is 13.8. The summed E-state index contributed by atoms with van der Waals surface area (Å²) in [7, 11) is 0. The van der Waals surface area contributed by atoms with E-state index < -0.39 is 0 Å². The predicted molar refractivity (Wildman–Crippen MR) is 82.2 cm³/mol. The molecule has 0 amide bonds. The zero-order valence-corrected chi connectivity index (χ0v) is 13.0. The van der Waals surface area contributed by atoms with E-state index in [1.807, 2.05) is 18.2 Å². The summed E-state index contributed by atoms with van der Waals surface area (Å²) in [4.78, 5) is 12.1. The highest BCUT2D eigenvalue weighted by molar-refractivity contribution is 9.10. The number of nitrogens with zero attached hydrogens (tertiary/aromatic N) is 2. The van der Waals surface area contributed by atoms with Crippen molar-refractivity contribution < 1.29 is 0 Å². The highest BCUT2D eigenvalue weighted by atomic mass is 79.9. The molecule has 2 aromatic rings. The lowest BCUT2D eigenvalue weighted by molar-refractivity contribution is 0.562. The second kappa shape index (κ2) is 5.68. The number of rotatable bonds is 2. The van der Waals surface area contributed by atoms with Crippen molar-refractivity contribution in [3.05, 3.63) is 60.9 Å². The summed E-state index contributed by atoms with van der Waals surface area (Å²) in [6.07, 6.45) is 0.851. The molecule has 1 aromatic heterocycles. The third kappa shape index (κ3) is 2.80. The molecule has 20 heavy (non-hydrogen) atoms. The summed E-state index contributed by atoms with van der Waals surface area (Å²) < 4.78 is 2.40. The standard InChI is InChI=1S/C14H13BrClN3O/c15-11-2-1-9(12(16)6-11)8-19-14(20)5-10-7-17-4-3-13(10)18-19/h1-2,5-6,17H,3-4,7-8H2. The van der Waals surface area contributed by atoms with E-state index in [2.05, 4.69) is 26.3 Å². The maximum Gasteiger partial charge on any atom is 0.267 e. The first-order valence-corrected chi connectivity index (χ1v) is 7.55. The van der Waals surface area contributed by atoms with Crippen LogP contribution < -0.4 is 10.9 Å². The van der Waals surface area contributed by atoms with Gasteiger partial charge in [0.2, 0.25) is 0 Å². The molecule has 1 aliphatic heterocycles. The summed E-state index contributed by atoms with van der Waals surface area (Å²) in [5, 5.41) is 8.34. The Hall–Kier alpha value is -1.17. The smallest absolute Gasteiger partial charge is 0.267 e. The fraction of sp³-hybridized carbons (Fsp3) is 0.286. The Morgan fingerprint density at radius 1 is 1.40 bits per heavy atom. The molecule has 0 saturated carbocycles. The van der Waals surface area contributed by atoms with Crippen LogP contribution in [0.3, 0.4) is 0 Å². The van der Waals surface area contributed by atoms with Crippen LogP contribution in [0.2, 0.25) is 5.02 Å². The summed E-state index contributed by atoms with van der Waals surface area (Å²) in [5.41, 5.74) is 2.79. The first-order chi connectivity index (χ1) is 9.63. The zero-order valence-electron chi connectivity index (χ0n) is 10.7. The Labute approximate surface area is 129 Å². The third-order valence-electron chi connectivity index (χ3n) is 3.35. The van der Waals surface area contributed by atoms with Crippen molar-refractivity contribution in [2.45, 2.75) is 19.5 Å². The molecular formula is C14H13BrClN3O. The molecule has 0 fully saturated rings. The molecule has 0 spiro atoms. The van der Waals surface area contributed by atoms with Gasteiger partial charge >= 0.3 is 0 Å². The maximum atomic E-state index is 12.1. The van der Waals surface area contributed by atoms with Crippen LogP contribution in [0.4, 0.5) is 0 Å². The van der Waals surface area contributed by atoms with Crippen molar-refractivity contribution >= 4 is 27.5 Å². The molecule has 0 unspecified atom stereocenters. The van der Waals surface area contributed by atoms with Gasteiger partial charge < -0.3 is 5.32 Å². The van der Waals surface area contributed by atoms with Gasteiger partial charge in [-0.25, -0.2) is 4.68 Å². The lowest BCUT2D eigenvalue weighted by Crippen LogP contribution is -2.31. The maximum absolute atomic E-state index is 12.1. The molecule has 104 valence electrons. The normalized spacial score (nSPS) is 14.1. The predicted octanol–water partition coefficient (Wildman–Crippen LogP) is 2.35. The molecule has 6 heteroatoms. The van der Waals surface area contributed by atoms with Gasteiger partial charge in [0.25, 0.3) is 5.56 Å². The molecule has 1 aromatic carbocycles. The van der Waals surface area contributed by atoms with Gasteiger partial charge in [-0.15, -0.1) is 0 Å². The monoisotopic (exact) mass is 353 g/mol. The van der Waals surface area contributed by atoms with Gasteiger partial charge in [-0.3, -0.25) is 4.79 Å². The van der Waals surface area contributed by atoms with Crippen molar-refractivity contribution in [3.8, 4) is 0 Å². The quantitative estimate of drug-likeness (QED) is 0.900. The van der Waals surface area contributed by atoms with Gasteiger partial charge in [-0.05, 0) is 23.3 Å². The van der Waals surface area contributed by atoms with Crippen molar-refractivity contribution in [1.29, 1.82) is 0 Å². The van der Waals surface area contributed by atoms with E-state index in [-0.39, 0.29) is 5.56 Å². The first-order valence-electron chi connectivity index (χ1n) is 6.38. The molecule has 3 rings (SSSR count). The molecule has 1 aliphatic rings. The molecule has 0 saturated heterocycles. The summed E-state index contributed by atoms with van der Waals surface area (Å²) >= 11 is 9.56. The zero-order chi connectivity index (χ0) is 14.1. The van der Waals surface area contributed by atoms with E-state index in [4.69, 9.17) is 11.6 Å². The van der Waals surface area contributed by atoms with Crippen molar-refractivity contribution in [2.75, 3.05) is 6.54 Å². The molecular weight excluding hydrogens is 342 g/mol. The molecule has 2 heterocycles. The van der Waals surface area contributed by atoms with Gasteiger partial charge in [0.1, 0.15) is 0 Å². The highest BCUT2D eigenvalue weighted by Crippen LogP contribution is 2.21. The van der Waals surface area contributed by atoms with Gasteiger partial charge in [-0.1, -0.05) is 33.6 Å². The highest BCUT2D eigenvalue weighted by Gasteiger charge is 2.13. The lowest BCUT2D eigenvalue weighted by Gasteiger charge is -2.17. The third-order valence-corrected chi connectivity index (χ3v) is 4.20. The average molecular weight is 355 g/mol. The largest absolute Gasteiger partial charge is 0.312 e. The van der Waals surface area contributed by atoms with Crippen LogP contribution >= 0.6 is 27.5 Å². The molecule has 0 radical (unpaired) electrons. The fourth-order valence-corrected chi connectivity index (χ4v) is 3.02. The Bertz CT molecular complexity index is 714. The number of benzene rings is 1. The van der Waals surface area contributed by atoms with Crippen molar-refractivity contribution in [2.24, 2.45) is 0 Å². The number of hydrogen-bond acceptors (Lipinski definition) is 3. The van der Waals surface area contributed by atoms with Gasteiger partial charge in [0.05, 0.1) is 12.2 Å². The number of hydrogen-bond donors (Lipinski definition) is 1. The van der Waals surface area contributed by atoms with Crippen LogP contribution in [-0.2, 0) is 19.5 Å². The van der Waals surface area contributed by atoms with E-state index >= 15 is 0 Å². The molecule has 0 aliphatic carbocycles. The van der Waals surface area contributed by atoms with Crippen LogP contribution in [0, 0.1) is 0 Å². The van der Waals surface area contributed by atoms with Crippen molar-refractivity contribution in [3.63, 3.8) is 0 Å². The Kier molecular flexibility index (Phi) is 3.92. The van der Waals surface area contributed by atoms with Crippen LogP contribution in [-0.4, -0.2) is 16.3 Å². The Morgan fingerprint density at radius 2 is 2.25 bits per heavy atom. The minimum atomic E-state index is -0.0913. The van der Waals surface area contributed by atoms with Crippen LogP contribution in [0.1, 0.15) is 16.8 Å². The van der Waals surface area contributed by atoms with Gasteiger partial charge in [0.15, 0.2) is 0 Å². The molecule has 4 nitrogen and oxygen atoms in total. The minimum absolute atomic E-state index is 0.0913. The molecule has 1 N–H and O–H groups in total. The van der Waals surface area contributed by atoms with Crippen LogP contribution in [0.5, 0.6) is 0 Å². The summed E-state index contributed by atoms with van der Waals surface area (Å²) in [6.45, 7) is 2.01. The fourth-order valence-electron chi connectivity index (χ4n) is 2.28. The van der Waals surface area contributed by atoms with E-state index in [0.717, 1.165) is 40.8 Å². The second-order valence-corrected chi connectivity index (χ2v) is 6.10. The van der Waals surface area contributed by atoms with E-state index in [0.29, 0.717) is 11.6 Å². The lowest BCUT2D eigenvalue weighted by atomic mass is 10.1. The van der Waals surface area contributed by atoms with E-state index in [1.54, 1.807) is 6.07 Å². The average Bonchev–Trinajstić information content (AvgIpc) is 2.42. The second-order valence-electron chi connectivity index (χ2n) is 4.77. The van der Waals surface area contributed by atoms with E-state index in [9.17, 15) is 4.79 Å². The number of nitrogens with one attached hydrogen (secondary N) is 1. The molecule has 0 atom stereocenters. The number of halogens is 2. The topological polar surface area (TPSA) is 46.9 Å². The number of aromatic nitrogens is 2. The number of fused-ring (bicyclic) bond motifs is 1. The summed E-state index contributed by atoms with van der Waals surface area (Å²) in [6, 6.07) is 7.31. The van der Waals surface area contributed by atoms with Crippen molar-refractivity contribution in [1.82, 2.24) is 15.1 Å². The van der Waals surface area contributed by atoms with Gasteiger partial charge in [-0.2, -0.15) is 5.10 Å². The molecule has 0 bridgehead atoms. The Balaban J connectivity index is 1.96. The van der Waals surface area contributed by atoms with Crippen LogP contribution in [0.25, 0.3) is 0 Å². The Morgan fingerprint density at radius 3 is 3.05 bits per heavy atom. The van der Waals surface area contributed by atoms with E-state index in [1.165, 1.54) is 4.68 Å². The summed E-state index contributed by atoms with van der Waals surface area (Å²) in [5.74, 6) is 0. The van der Waals surface area contributed by atoms with Gasteiger partial charge in [0, 0.05) is 35.1 Å². The minimum Gasteiger partial charge on any atom is -0.312 e.